The first-order valence-electron chi connectivity index (χ1n) is 8.62. The average molecular weight is 356 g/mol. The first kappa shape index (κ1) is 17.9. The molecule has 2 aromatic rings. The smallest absolute Gasteiger partial charge is 0.261 e. The highest BCUT2D eigenvalue weighted by molar-refractivity contribution is 5.95. The maximum atomic E-state index is 12.9. The lowest BCUT2D eigenvalue weighted by molar-refractivity contribution is -0.127. The molecule has 1 fully saturated rings. The third kappa shape index (κ3) is 4.39. The zero-order valence-electron chi connectivity index (χ0n) is 14.6. The topological polar surface area (TPSA) is 58.6 Å². The molecule has 1 atom stereocenters. The van der Waals surface area contributed by atoms with Gasteiger partial charge >= 0.3 is 0 Å². The average Bonchev–Trinajstić information content (AvgIpc) is 3.08. The number of carbonyl (C=O) groups excluding carboxylic acids is 2. The first-order chi connectivity index (χ1) is 12.5. The van der Waals surface area contributed by atoms with Gasteiger partial charge in [0.2, 0.25) is 5.91 Å². The van der Waals surface area contributed by atoms with Crippen molar-refractivity contribution in [2.45, 2.75) is 32.4 Å². The van der Waals surface area contributed by atoms with Crippen LogP contribution >= 0.6 is 0 Å². The highest BCUT2D eigenvalue weighted by Gasteiger charge is 2.21. The SMILES string of the molecule is CC(Oc1ccc(F)cc1)C(=O)NCc1ccc(N2CCCC2=O)cc1. The van der Waals surface area contributed by atoms with Gasteiger partial charge in [-0.2, -0.15) is 0 Å². The Hall–Kier alpha value is -2.89. The van der Waals surface area contributed by atoms with E-state index in [2.05, 4.69) is 5.32 Å². The third-order valence-corrected chi connectivity index (χ3v) is 4.28. The molecule has 0 saturated carbocycles. The Morgan fingerprint density at radius 1 is 1.19 bits per heavy atom. The van der Waals surface area contributed by atoms with Gasteiger partial charge in [0, 0.05) is 25.2 Å². The highest BCUT2D eigenvalue weighted by Crippen LogP contribution is 2.21. The van der Waals surface area contributed by atoms with Crippen LogP contribution in [0, 0.1) is 5.82 Å². The lowest BCUT2D eigenvalue weighted by Gasteiger charge is -2.17. The number of hydrogen-bond acceptors (Lipinski definition) is 3. The van der Waals surface area contributed by atoms with Crippen molar-refractivity contribution in [1.29, 1.82) is 0 Å². The van der Waals surface area contributed by atoms with E-state index in [-0.39, 0.29) is 17.6 Å². The standard InChI is InChI=1S/C20H21FN2O3/c1-14(26-18-10-6-16(21)7-11-18)20(25)22-13-15-4-8-17(9-5-15)23-12-2-3-19(23)24/h4-11,14H,2-3,12-13H2,1H3,(H,22,25). The monoisotopic (exact) mass is 356 g/mol. The largest absolute Gasteiger partial charge is 0.481 e. The van der Waals surface area contributed by atoms with Gasteiger partial charge in [0.15, 0.2) is 6.10 Å². The fourth-order valence-electron chi connectivity index (χ4n) is 2.82. The van der Waals surface area contributed by atoms with Crippen LogP contribution in [0.3, 0.4) is 0 Å². The molecule has 0 radical (unpaired) electrons. The molecule has 5 nitrogen and oxygen atoms in total. The number of ether oxygens (including phenoxy) is 1. The minimum Gasteiger partial charge on any atom is -0.481 e. The molecule has 1 heterocycles. The Morgan fingerprint density at radius 3 is 2.50 bits per heavy atom. The Kier molecular flexibility index (Phi) is 5.51. The van der Waals surface area contributed by atoms with Gasteiger partial charge in [0.1, 0.15) is 11.6 Å². The fraction of sp³-hybridized carbons (Fsp3) is 0.300. The molecule has 0 spiro atoms. The predicted molar refractivity (Wildman–Crippen MR) is 96.4 cm³/mol. The molecule has 2 aromatic carbocycles. The summed E-state index contributed by atoms with van der Waals surface area (Å²) in [4.78, 5) is 25.7. The van der Waals surface area contributed by atoms with E-state index in [0.29, 0.717) is 18.7 Å². The summed E-state index contributed by atoms with van der Waals surface area (Å²) >= 11 is 0. The van der Waals surface area contributed by atoms with Crippen LogP contribution in [0.4, 0.5) is 10.1 Å². The highest BCUT2D eigenvalue weighted by atomic mass is 19.1. The molecular formula is C20H21FN2O3. The molecule has 1 N–H and O–H groups in total. The van der Waals surface area contributed by atoms with Crippen LogP contribution < -0.4 is 15.0 Å². The van der Waals surface area contributed by atoms with E-state index in [9.17, 15) is 14.0 Å². The van der Waals surface area contributed by atoms with Crippen molar-refractivity contribution < 1.29 is 18.7 Å². The van der Waals surface area contributed by atoms with Crippen molar-refractivity contribution in [2.24, 2.45) is 0 Å². The van der Waals surface area contributed by atoms with E-state index >= 15 is 0 Å². The molecule has 136 valence electrons. The van der Waals surface area contributed by atoms with Gasteiger partial charge in [0.05, 0.1) is 0 Å². The number of amides is 2. The Bertz CT molecular complexity index is 775. The number of nitrogens with one attached hydrogen (secondary N) is 1. The molecule has 1 unspecified atom stereocenters. The van der Waals surface area contributed by atoms with Crippen LogP contribution in [-0.2, 0) is 16.1 Å². The molecular weight excluding hydrogens is 335 g/mol. The van der Waals surface area contributed by atoms with E-state index in [1.807, 2.05) is 24.3 Å². The summed E-state index contributed by atoms with van der Waals surface area (Å²) in [6.07, 6.45) is 0.800. The van der Waals surface area contributed by atoms with Gasteiger partial charge in [-0.25, -0.2) is 4.39 Å². The second-order valence-electron chi connectivity index (χ2n) is 6.25. The molecule has 1 saturated heterocycles. The van der Waals surface area contributed by atoms with Gasteiger partial charge in [-0.05, 0) is 55.3 Å². The second-order valence-corrected chi connectivity index (χ2v) is 6.25. The summed E-state index contributed by atoms with van der Waals surface area (Å²) in [6.45, 7) is 2.76. The van der Waals surface area contributed by atoms with Gasteiger partial charge in [0.25, 0.3) is 5.91 Å². The predicted octanol–water partition coefficient (Wildman–Crippen LogP) is 3.04. The molecule has 1 aliphatic heterocycles. The van der Waals surface area contributed by atoms with E-state index in [1.54, 1.807) is 11.8 Å². The quantitative estimate of drug-likeness (QED) is 0.865. The summed E-state index contributed by atoms with van der Waals surface area (Å²) in [5, 5.41) is 2.81. The third-order valence-electron chi connectivity index (χ3n) is 4.28. The lowest BCUT2D eigenvalue weighted by atomic mass is 10.2. The van der Waals surface area contributed by atoms with Crippen LogP contribution in [0.25, 0.3) is 0 Å². The Morgan fingerprint density at radius 2 is 1.88 bits per heavy atom. The van der Waals surface area contributed by atoms with Crippen molar-refractivity contribution in [3.63, 3.8) is 0 Å². The Labute approximate surface area is 151 Å². The van der Waals surface area contributed by atoms with Crippen molar-refractivity contribution in [3.8, 4) is 5.75 Å². The Balaban J connectivity index is 1.50. The van der Waals surface area contributed by atoms with E-state index in [0.717, 1.165) is 24.2 Å². The zero-order chi connectivity index (χ0) is 18.5. The summed E-state index contributed by atoms with van der Waals surface area (Å²) in [5.74, 6) is -0.0202. The minimum atomic E-state index is -0.693. The summed E-state index contributed by atoms with van der Waals surface area (Å²) in [7, 11) is 0. The van der Waals surface area contributed by atoms with Crippen LogP contribution in [-0.4, -0.2) is 24.5 Å². The summed E-state index contributed by atoms with van der Waals surface area (Å²) < 4.78 is 18.4. The zero-order valence-corrected chi connectivity index (χ0v) is 14.6. The molecule has 0 aliphatic carbocycles. The van der Waals surface area contributed by atoms with Gasteiger partial charge in [-0.1, -0.05) is 12.1 Å². The van der Waals surface area contributed by atoms with Crippen molar-refractivity contribution >= 4 is 17.5 Å². The molecule has 6 heteroatoms. The number of anilines is 1. The lowest BCUT2D eigenvalue weighted by Crippen LogP contribution is -2.35. The maximum Gasteiger partial charge on any atom is 0.261 e. The van der Waals surface area contributed by atoms with Gasteiger partial charge in [-0.3, -0.25) is 9.59 Å². The fourth-order valence-corrected chi connectivity index (χ4v) is 2.82. The van der Waals surface area contributed by atoms with Crippen LogP contribution in [0.2, 0.25) is 0 Å². The van der Waals surface area contributed by atoms with Crippen molar-refractivity contribution in [1.82, 2.24) is 5.32 Å². The van der Waals surface area contributed by atoms with E-state index < -0.39 is 6.10 Å². The van der Waals surface area contributed by atoms with Crippen LogP contribution in [0.5, 0.6) is 5.75 Å². The maximum absolute atomic E-state index is 12.9. The van der Waals surface area contributed by atoms with Gasteiger partial charge < -0.3 is 15.0 Å². The summed E-state index contributed by atoms with van der Waals surface area (Å²) in [5.41, 5.74) is 1.82. The van der Waals surface area contributed by atoms with E-state index in [4.69, 9.17) is 4.74 Å². The number of carbonyl (C=O) groups is 2. The normalized spacial score (nSPS) is 15.0. The molecule has 26 heavy (non-hydrogen) atoms. The first-order valence-corrected chi connectivity index (χ1v) is 8.62. The molecule has 3 rings (SSSR count). The molecule has 2 amide bonds. The minimum absolute atomic E-state index is 0.151. The number of rotatable bonds is 6. The molecule has 0 aromatic heterocycles. The number of benzene rings is 2. The van der Waals surface area contributed by atoms with Crippen LogP contribution in [0.1, 0.15) is 25.3 Å². The van der Waals surface area contributed by atoms with Crippen molar-refractivity contribution in [2.75, 3.05) is 11.4 Å². The number of hydrogen-bond donors (Lipinski definition) is 1. The second kappa shape index (κ2) is 7.99. The van der Waals surface area contributed by atoms with Crippen molar-refractivity contribution in [3.05, 3.63) is 59.9 Å². The van der Waals surface area contributed by atoms with Crippen LogP contribution in [0.15, 0.2) is 48.5 Å². The van der Waals surface area contributed by atoms with E-state index in [1.165, 1.54) is 24.3 Å². The number of nitrogens with zero attached hydrogens (tertiary/aromatic N) is 1. The molecule has 0 bridgehead atoms. The van der Waals surface area contributed by atoms with Gasteiger partial charge in [-0.15, -0.1) is 0 Å². The number of halogens is 1. The molecule has 1 aliphatic rings. The summed E-state index contributed by atoms with van der Waals surface area (Å²) in [6, 6.07) is 13.1.